The Bertz CT molecular complexity index is 433. The predicted octanol–water partition coefficient (Wildman–Crippen LogP) is 2.82. The fraction of sp³-hybridized carbons (Fsp3) is 0.667. The Hall–Kier alpha value is -1.33. The number of aromatic nitrogens is 2. The minimum atomic E-state index is -2.45. The first-order valence-corrected chi connectivity index (χ1v) is 5.95. The summed E-state index contributed by atoms with van der Waals surface area (Å²) in [4.78, 5) is 7.35. The lowest BCUT2D eigenvalue weighted by atomic mass is 9.50. The molecule has 1 aromatic rings. The maximum absolute atomic E-state index is 12.8. The number of nitrogens with zero attached hydrogens (tertiary/aromatic N) is 2. The Kier molecular flexibility index (Phi) is 2.50. The van der Waals surface area contributed by atoms with Crippen LogP contribution < -0.4 is 4.74 Å². The van der Waals surface area contributed by atoms with Crippen LogP contribution in [0.25, 0.3) is 0 Å². The normalized spacial score (nSPS) is 24.4. The molecule has 0 N–H and O–H groups in total. The first-order valence-electron chi connectivity index (χ1n) is 5.95. The van der Waals surface area contributed by atoms with Crippen LogP contribution in [0.15, 0.2) is 12.4 Å². The molecule has 3 nitrogen and oxygen atoms in total. The summed E-state index contributed by atoms with van der Waals surface area (Å²) in [7, 11) is 0. The van der Waals surface area contributed by atoms with E-state index < -0.39 is 11.7 Å². The van der Waals surface area contributed by atoms with E-state index in [2.05, 4.69) is 9.97 Å². The lowest BCUT2D eigenvalue weighted by Crippen LogP contribution is -2.54. The van der Waals surface area contributed by atoms with Gasteiger partial charge < -0.3 is 4.74 Å². The van der Waals surface area contributed by atoms with Crippen LogP contribution in [0.5, 0.6) is 6.01 Å². The molecule has 0 bridgehead atoms. The van der Waals surface area contributed by atoms with E-state index in [1.54, 1.807) is 0 Å². The van der Waals surface area contributed by atoms with Crippen LogP contribution in [0.4, 0.5) is 13.2 Å². The Morgan fingerprint density at radius 1 is 1.22 bits per heavy atom. The molecule has 1 aromatic heterocycles. The molecule has 0 amide bonds. The average Bonchev–Trinajstić information content (AvgIpc) is 2.22. The van der Waals surface area contributed by atoms with E-state index in [4.69, 9.17) is 4.74 Å². The minimum absolute atomic E-state index is 0.0174. The van der Waals surface area contributed by atoms with Gasteiger partial charge in [-0.15, -0.1) is 0 Å². The van der Waals surface area contributed by atoms with E-state index in [1.807, 2.05) is 0 Å². The molecule has 2 aliphatic rings. The molecular formula is C12H13F3N2O. The van der Waals surface area contributed by atoms with Crippen molar-refractivity contribution in [1.29, 1.82) is 0 Å². The zero-order chi connectivity index (χ0) is 12.8. The molecule has 98 valence electrons. The van der Waals surface area contributed by atoms with E-state index in [9.17, 15) is 13.2 Å². The van der Waals surface area contributed by atoms with Gasteiger partial charge >= 0.3 is 6.01 Å². The van der Waals surface area contributed by atoms with Crippen molar-refractivity contribution in [2.24, 2.45) is 11.3 Å². The average molecular weight is 258 g/mol. The van der Waals surface area contributed by atoms with Crippen molar-refractivity contribution < 1.29 is 17.9 Å². The Balaban J connectivity index is 1.43. The maximum Gasteiger partial charge on any atom is 0.316 e. The molecule has 0 saturated heterocycles. The van der Waals surface area contributed by atoms with Crippen molar-refractivity contribution in [3.8, 4) is 6.01 Å². The SMILES string of the molecule is Fc1cnc(OCC2CC3(C2)CC(F)(F)C3)nc1. The van der Waals surface area contributed by atoms with Gasteiger partial charge in [0.2, 0.25) is 5.92 Å². The molecule has 2 saturated carbocycles. The van der Waals surface area contributed by atoms with Gasteiger partial charge in [0.1, 0.15) is 0 Å². The van der Waals surface area contributed by atoms with Crippen LogP contribution in [-0.4, -0.2) is 22.5 Å². The highest BCUT2D eigenvalue weighted by Gasteiger charge is 2.61. The van der Waals surface area contributed by atoms with Gasteiger partial charge in [-0.2, -0.15) is 0 Å². The topological polar surface area (TPSA) is 35.0 Å². The van der Waals surface area contributed by atoms with Gasteiger partial charge in [0.15, 0.2) is 5.82 Å². The third kappa shape index (κ3) is 2.15. The maximum atomic E-state index is 12.8. The number of rotatable bonds is 3. The van der Waals surface area contributed by atoms with Gasteiger partial charge in [0.05, 0.1) is 19.0 Å². The molecule has 6 heteroatoms. The third-order valence-corrected chi connectivity index (χ3v) is 3.76. The van der Waals surface area contributed by atoms with Crippen LogP contribution in [0.2, 0.25) is 0 Å². The smallest absolute Gasteiger partial charge is 0.316 e. The molecule has 0 atom stereocenters. The number of ether oxygens (including phenoxy) is 1. The highest BCUT2D eigenvalue weighted by atomic mass is 19.3. The molecular weight excluding hydrogens is 245 g/mol. The third-order valence-electron chi connectivity index (χ3n) is 3.76. The fourth-order valence-electron chi connectivity index (χ4n) is 3.18. The summed E-state index contributed by atoms with van der Waals surface area (Å²) in [5.41, 5.74) is -0.138. The van der Waals surface area contributed by atoms with Crippen molar-refractivity contribution in [3.05, 3.63) is 18.2 Å². The lowest BCUT2D eigenvalue weighted by molar-refractivity contribution is -0.209. The Morgan fingerprint density at radius 2 is 1.83 bits per heavy atom. The first kappa shape index (κ1) is 11.7. The molecule has 0 radical (unpaired) electrons. The van der Waals surface area contributed by atoms with E-state index in [-0.39, 0.29) is 30.2 Å². The highest BCUT2D eigenvalue weighted by molar-refractivity contribution is 5.07. The van der Waals surface area contributed by atoms with Crippen molar-refractivity contribution in [2.75, 3.05) is 6.61 Å². The number of halogens is 3. The van der Waals surface area contributed by atoms with E-state index >= 15 is 0 Å². The number of hydrogen-bond donors (Lipinski definition) is 0. The van der Waals surface area contributed by atoms with Gasteiger partial charge in [-0.1, -0.05) is 0 Å². The van der Waals surface area contributed by atoms with Crippen molar-refractivity contribution in [3.63, 3.8) is 0 Å². The molecule has 2 aliphatic carbocycles. The molecule has 1 spiro atoms. The molecule has 1 heterocycles. The molecule has 2 fully saturated rings. The number of alkyl halides is 2. The van der Waals surface area contributed by atoms with Crippen LogP contribution in [-0.2, 0) is 0 Å². The lowest BCUT2D eigenvalue weighted by Gasteiger charge is -2.57. The zero-order valence-corrected chi connectivity index (χ0v) is 9.70. The van der Waals surface area contributed by atoms with Crippen molar-refractivity contribution in [2.45, 2.75) is 31.6 Å². The first-order chi connectivity index (χ1) is 8.46. The molecule has 3 rings (SSSR count). The van der Waals surface area contributed by atoms with Crippen LogP contribution in [0.1, 0.15) is 25.7 Å². The van der Waals surface area contributed by atoms with Crippen molar-refractivity contribution >= 4 is 0 Å². The van der Waals surface area contributed by atoms with Gasteiger partial charge in [0, 0.05) is 12.8 Å². The number of hydrogen-bond acceptors (Lipinski definition) is 3. The Morgan fingerprint density at radius 3 is 2.39 bits per heavy atom. The summed E-state index contributed by atoms with van der Waals surface area (Å²) >= 11 is 0. The van der Waals surface area contributed by atoms with Gasteiger partial charge in [-0.05, 0) is 24.2 Å². The fourth-order valence-corrected chi connectivity index (χ4v) is 3.18. The Labute approximate surface area is 102 Å². The van der Waals surface area contributed by atoms with E-state index in [0.29, 0.717) is 6.61 Å². The standard InChI is InChI=1S/C12H13F3N2O/c13-9-3-16-10(17-4-9)18-5-8-1-11(2-8)6-12(14,15)7-11/h3-4,8H,1-2,5-7H2. The minimum Gasteiger partial charge on any atom is -0.463 e. The van der Waals surface area contributed by atoms with Crippen LogP contribution >= 0.6 is 0 Å². The van der Waals surface area contributed by atoms with E-state index in [0.717, 1.165) is 25.2 Å². The predicted molar refractivity (Wildman–Crippen MR) is 56.8 cm³/mol. The summed E-state index contributed by atoms with van der Waals surface area (Å²) in [5, 5.41) is 0. The van der Waals surface area contributed by atoms with Crippen molar-refractivity contribution in [1.82, 2.24) is 9.97 Å². The van der Waals surface area contributed by atoms with Gasteiger partial charge in [0.25, 0.3) is 0 Å². The summed E-state index contributed by atoms with van der Waals surface area (Å²) in [6, 6.07) is 0.135. The largest absolute Gasteiger partial charge is 0.463 e. The second kappa shape index (κ2) is 3.83. The summed E-state index contributed by atoms with van der Waals surface area (Å²) in [6.07, 6.45) is 3.68. The molecule has 0 aliphatic heterocycles. The quantitative estimate of drug-likeness (QED) is 0.836. The second-order valence-corrected chi connectivity index (χ2v) is 5.48. The monoisotopic (exact) mass is 258 g/mol. The highest BCUT2D eigenvalue weighted by Crippen LogP contribution is 2.64. The van der Waals surface area contributed by atoms with Crippen LogP contribution in [0, 0.1) is 17.2 Å². The summed E-state index contributed by atoms with van der Waals surface area (Å²) in [5.74, 6) is -2.68. The van der Waals surface area contributed by atoms with Crippen LogP contribution in [0.3, 0.4) is 0 Å². The zero-order valence-electron chi connectivity index (χ0n) is 9.70. The molecule has 0 unspecified atom stereocenters. The summed E-state index contributed by atoms with van der Waals surface area (Å²) in [6.45, 7) is 0.416. The molecule has 0 aromatic carbocycles. The second-order valence-electron chi connectivity index (χ2n) is 5.48. The molecule has 18 heavy (non-hydrogen) atoms. The summed E-state index contributed by atoms with van der Waals surface area (Å²) < 4.78 is 43.4. The van der Waals surface area contributed by atoms with Gasteiger partial charge in [-0.25, -0.2) is 23.1 Å². The van der Waals surface area contributed by atoms with E-state index in [1.165, 1.54) is 0 Å². The van der Waals surface area contributed by atoms with Gasteiger partial charge in [-0.3, -0.25) is 0 Å².